The normalized spacial score (nSPS) is 10.2. The van der Waals surface area contributed by atoms with Crippen LogP contribution in [0.1, 0.15) is 194 Å². The molecule has 0 spiro atoms. The number of hydrogen-bond acceptors (Lipinski definition) is 3. The molecule has 0 radical (unpaired) electrons. The Morgan fingerprint density at radius 2 is 0.487 bits per heavy atom. The van der Waals surface area contributed by atoms with Crippen LogP contribution in [-0.2, 0) is 14.4 Å². The highest BCUT2D eigenvalue weighted by Gasteiger charge is 1.97. The van der Waals surface area contributed by atoms with Gasteiger partial charge in [0.05, 0.1) is 0 Å². The van der Waals surface area contributed by atoms with Crippen LogP contribution in [0.5, 0.6) is 0 Å². The lowest BCUT2D eigenvalue weighted by atomic mass is 10.0. The maximum absolute atomic E-state index is 10.4. The van der Waals surface area contributed by atoms with E-state index in [0.29, 0.717) is 19.3 Å². The van der Waals surface area contributed by atoms with Crippen LogP contribution in [0.4, 0.5) is 0 Å². The highest BCUT2D eigenvalue weighted by Crippen LogP contribution is 2.14. The number of rotatable bonds is 27. The minimum absolute atomic E-state index is 0.316. The molecule has 0 saturated heterocycles. The van der Waals surface area contributed by atoms with Crippen molar-refractivity contribution in [2.45, 2.75) is 194 Å². The van der Waals surface area contributed by atoms with Crippen molar-refractivity contribution >= 4 is 17.9 Å². The summed E-state index contributed by atoms with van der Waals surface area (Å²) < 4.78 is 0. The molecule has 6 heteroatoms. The van der Waals surface area contributed by atoms with Crippen molar-refractivity contribution < 1.29 is 29.7 Å². The van der Waals surface area contributed by atoms with Crippen molar-refractivity contribution in [3.63, 3.8) is 0 Å². The molecule has 234 valence electrons. The molecule has 0 aromatic carbocycles. The molecule has 6 nitrogen and oxygen atoms in total. The van der Waals surface area contributed by atoms with Gasteiger partial charge in [-0.1, -0.05) is 156 Å². The van der Waals surface area contributed by atoms with E-state index in [0.717, 1.165) is 44.9 Å². The van der Waals surface area contributed by atoms with Gasteiger partial charge in [-0.05, 0) is 19.3 Å². The second-order valence-electron chi connectivity index (χ2n) is 10.9. The molecule has 0 rings (SSSR count). The number of aliphatic carboxylic acids is 3. The van der Waals surface area contributed by atoms with Crippen LogP contribution in [0, 0.1) is 0 Å². The van der Waals surface area contributed by atoms with E-state index in [1.807, 2.05) is 6.92 Å². The fourth-order valence-electron chi connectivity index (χ4n) is 4.21. The highest BCUT2D eigenvalue weighted by molar-refractivity contribution is 5.67. The lowest BCUT2D eigenvalue weighted by Gasteiger charge is -2.03. The SMILES string of the molecule is CCCCC(=O)O.CCCCCC(=O)O.CCCCCCCCCCCCCCCCCCCCCC(=O)O. The minimum atomic E-state index is -0.693. The van der Waals surface area contributed by atoms with Gasteiger partial charge in [0.15, 0.2) is 0 Å². The second kappa shape index (κ2) is 38.6. The Balaban J connectivity index is -0.000000701. The zero-order valence-corrected chi connectivity index (χ0v) is 26.2. The summed E-state index contributed by atoms with van der Waals surface area (Å²) in [5, 5.41) is 24.7. The van der Waals surface area contributed by atoms with Gasteiger partial charge in [0, 0.05) is 19.3 Å². The van der Waals surface area contributed by atoms with E-state index in [1.54, 1.807) is 0 Å². The molecular formula is C33H66O6. The minimum Gasteiger partial charge on any atom is -0.481 e. The van der Waals surface area contributed by atoms with Crippen molar-refractivity contribution in [3.05, 3.63) is 0 Å². The standard InChI is InChI=1S/C22H44O2.C6H12O2.C5H10O2/c1-2-3-4-5-6-7-8-9-10-11-12-13-14-15-16-17-18-19-20-21-22(23)24;1-2-3-4-5-6(7)8;1-2-3-4-5(6)7/h2-21H2,1H3,(H,23,24);2-5H2,1H3,(H,7,8);2-4H2,1H3,(H,6,7). The Bertz CT molecular complexity index is 506. The van der Waals surface area contributed by atoms with Crippen LogP contribution in [0.15, 0.2) is 0 Å². The lowest BCUT2D eigenvalue weighted by molar-refractivity contribution is -0.138. The summed E-state index contributed by atoms with van der Waals surface area (Å²) in [5.41, 5.74) is 0. The molecule has 0 aliphatic heterocycles. The Hall–Kier alpha value is -1.59. The van der Waals surface area contributed by atoms with Gasteiger partial charge in [-0.25, -0.2) is 0 Å². The van der Waals surface area contributed by atoms with Crippen LogP contribution in [0.3, 0.4) is 0 Å². The second-order valence-corrected chi connectivity index (χ2v) is 10.9. The Morgan fingerprint density at radius 1 is 0.308 bits per heavy atom. The van der Waals surface area contributed by atoms with Crippen LogP contribution in [0.25, 0.3) is 0 Å². The first-order valence-electron chi connectivity index (χ1n) is 16.5. The van der Waals surface area contributed by atoms with Gasteiger partial charge in [0.1, 0.15) is 0 Å². The zero-order chi connectivity index (χ0) is 29.8. The molecule has 0 aromatic rings. The third-order valence-corrected chi connectivity index (χ3v) is 6.73. The fraction of sp³-hybridized carbons (Fsp3) is 0.909. The van der Waals surface area contributed by atoms with Crippen molar-refractivity contribution in [3.8, 4) is 0 Å². The van der Waals surface area contributed by atoms with Crippen LogP contribution in [0.2, 0.25) is 0 Å². The zero-order valence-electron chi connectivity index (χ0n) is 26.2. The Morgan fingerprint density at radius 3 is 0.718 bits per heavy atom. The summed E-state index contributed by atoms with van der Waals surface area (Å²) in [6.07, 6.45) is 31.5. The van der Waals surface area contributed by atoms with Crippen molar-refractivity contribution in [2.75, 3.05) is 0 Å². The summed E-state index contributed by atoms with van der Waals surface area (Å²) in [6.45, 7) is 6.32. The summed E-state index contributed by atoms with van der Waals surface area (Å²) in [4.78, 5) is 30.0. The van der Waals surface area contributed by atoms with Crippen molar-refractivity contribution in [1.29, 1.82) is 0 Å². The summed E-state index contributed by atoms with van der Waals surface area (Å²) in [6, 6.07) is 0. The number of carboxylic acid groups (broad SMARTS) is 3. The highest BCUT2D eigenvalue weighted by atomic mass is 16.4. The van der Waals surface area contributed by atoms with Crippen molar-refractivity contribution in [1.82, 2.24) is 0 Å². The molecule has 0 aliphatic carbocycles. The van der Waals surface area contributed by atoms with Gasteiger partial charge >= 0.3 is 17.9 Å². The third kappa shape index (κ3) is 53.4. The van der Waals surface area contributed by atoms with E-state index >= 15 is 0 Å². The fourth-order valence-corrected chi connectivity index (χ4v) is 4.21. The van der Waals surface area contributed by atoms with Gasteiger partial charge in [-0.2, -0.15) is 0 Å². The van der Waals surface area contributed by atoms with E-state index in [1.165, 1.54) is 109 Å². The third-order valence-electron chi connectivity index (χ3n) is 6.73. The smallest absolute Gasteiger partial charge is 0.303 e. The maximum Gasteiger partial charge on any atom is 0.303 e. The quantitative estimate of drug-likeness (QED) is 0.0864. The molecule has 0 bridgehead atoms. The number of unbranched alkanes of at least 4 members (excludes halogenated alkanes) is 21. The molecule has 0 unspecified atom stereocenters. The topological polar surface area (TPSA) is 112 Å². The van der Waals surface area contributed by atoms with Crippen LogP contribution < -0.4 is 0 Å². The number of hydrogen-bond donors (Lipinski definition) is 3. The molecule has 0 atom stereocenters. The van der Waals surface area contributed by atoms with E-state index in [4.69, 9.17) is 15.3 Å². The molecular weight excluding hydrogens is 492 g/mol. The molecule has 39 heavy (non-hydrogen) atoms. The largest absolute Gasteiger partial charge is 0.481 e. The molecule has 0 aliphatic rings. The molecule has 0 fully saturated rings. The molecule has 0 aromatic heterocycles. The van der Waals surface area contributed by atoms with Gasteiger partial charge in [0.25, 0.3) is 0 Å². The first-order chi connectivity index (χ1) is 18.8. The van der Waals surface area contributed by atoms with Gasteiger partial charge in [0.2, 0.25) is 0 Å². The van der Waals surface area contributed by atoms with Crippen LogP contribution >= 0.6 is 0 Å². The average Bonchev–Trinajstić information content (AvgIpc) is 2.89. The van der Waals surface area contributed by atoms with E-state index in [-0.39, 0.29) is 0 Å². The van der Waals surface area contributed by atoms with Gasteiger partial charge in [-0.15, -0.1) is 0 Å². The van der Waals surface area contributed by atoms with Gasteiger partial charge < -0.3 is 15.3 Å². The molecule has 0 heterocycles. The first-order valence-corrected chi connectivity index (χ1v) is 16.5. The predicted octanol–water partition coefficient (Wildman–Crippen LogP) is 10.8. The van der Waals surface area contributed by atoms with E-state index in [9.17, 15) is 14.4 Å². The molecule has 0 saturated carbocycles. The molecule has 0 amide bonds. The predicted molar refractivity (Wildman–Crippen MR) is 165 cm³/mol. The van der Waals surface area contributed by atoms with E-state index in [2.05, 4.69) is 13.8 Å². The average molecular weight is 559 g/mol. The lowest BCUT2D eigenvalue weighted by Crippen LogP contribution is -1.93. The van der Waals surface area contributed by atoms with Crippen molar-refractivity contribution in [2.24, 2.45) is 0 Å². The Kier molecular flexibility index (Phi) is 41.4. The monoisotopic (exact) mass is 558 g/mol. The van der Waals surface area contributed by atoms with Gasteiger partial charge in [-0.3, -0.25) is 14.4 Å². The summed E-state index contributed by atoms with van der Waals surface area (Å²) >= 11 is 0. The Labute approximate surface area is 241 Å². The number of carboxylic acids is 3. The number of carbonyl (C=O) groups is 3. The van der Waals surface area contributed by atoms with Crippen LogP contribution in [-0.4, -0.2) is 33.2 Å². The maximum atomic E-state index is 10.4. The first kappa shape index (κ1) is 41.9. The van der Waals surface area contributed by atoms with E-state index < -0.39 is 17.9 Å². The molecule has 3 N–H and O–H groups in total. The summed E-state index contributed by atoms with van der Waals surface area (Å²) in [5.74, 6) is -2.03. The summed E-state index contributed by atoms with van der Waals surface area (Å²) in [7, 11) is 0.